The predicted molar refractivity (Wildman–Crippen MR) is 128 cm³/mol. The molecule has 0 atom stereocenters. The summed E-state index contributed by atoms with van der Waals surface area (Å²) < 4.78 is 6.97. The lowest BCUT2D eigenvalue weighted by Gasteiger charge is -2.12. The van der Waals surface area contributed by atoms with Gasteiger partial charge in [0.1, 0.15) is 5.82 Å². The molecule has 0 N–H and O–H groups in total. The highest BCUT2D eigenvalue weighted by molar-refractivity contribution is 6.30. The highest BCUT2D eigenvalue weighted by atomic mass is 35.5. The van der Waals surface area contributed by atoms with Crippen molar-refractivity contribution in [2.24, 2.45) is 0 Å². The summed E-state index contributed by atoms with van der Waals surface area (Å²) in [5.41, 5.74) is 4.08. The minimum Gasteiger partial charge on any atom is -0.465 e. The second-order valence-corrected chi connectivity index (χ2v) is 7.93. The minimum absolute atomic E-state index is 0.0439. The van der Waals surface area contributed by atoms with E-state index >= 15 is 0 Å². The van der Waals surface area contributed by atoms with Crippen LogP contribution in [0.3, 0.4) is 0 Å². The number of carbonyl (C=O) groups excluding carboxylic acids is 2. The first-order valence-corrected chi connectivity index (χ1v) is 11.0. The van der Waals surface area contributed by atoms with Crippen LogP contribution in [0.2, 0.25) is 5.15 Å². The van der Waals surface area contributed by atoms with Crippen molar-refractivity contribution in [2.45, 2.75) is 39.7 Å². The van der Waals surface area contributed by atoms with Crippen LogP contribution in [0.5, 0.6) is 0 Å². The van der Waals surface area contributed by atoms with Crippen LogP contribution >= 0.6 is 11.6 Å². The largest absolute Gasteiger partial charge is 0.465 e. The number of carbonyl (C=O) groups is 2. The quantitative estimate of drug-likeness (QED) is 0.297. The van der Waals surface area contributed by atoms with E-state index in [9.17, 15) is 9.59 Å². The van der Waals surface area contributed by atoms with Crippen LogP contribution in [0.4, 0.5) is 0 Å². The minimum atomic E-state index is -0.361. The van der Waals surface area contributed by atoms with E-state index in [1.54, 1.807) is 12.1 Å². The molecule has 0 radical (unpaired) electrons. The first kappa shape index (κ1) is 23.5. The molecule has 32 heavy (non-hydrogen) atoms. The Kier molecular flexibility index (Phi) is 8.01. The molecule has 1 heterocycles. The van der Waals surface area contributed by atoms with Crippen molar-refractivity contribution in [3.05, 3.63) is 82.4 Å². The third kappa shape index (κ3) is 5.54. The van der Waals surface area contributed by atoms with Gasteiger partial charge in [-0.15, -0.1) is 0 Å². The number of halogens is 1. The molecule has 5 nitrogen and oxygen atoms in total. The number of imidazole rings is 1. The Balaban J connectivity index is 1.93. The van der Waals surface area contributed by atoms with E-state index in [4.69, 9.17) is 16.3 Å². The van der Waals surface area contributed by atoms with Gasteiger partial charge >= 0.3 is 5.97 Å². The molecule has 0 unspecified atom stereocenters. The molecule has 0 aliphatic carbocycles. The van der Waals surface area contributed by atoms with E-state index in [2.05, 4.69) is 16.5 Å². The summed E-state index contributed by atoms with van der Waals surface area (Å²) in [6.45, 7) is 4.22. The van der Waals surface area contributed by atoms with Crippen LogP contribution in [0.15, 0.2) is 54.6 Å². The molecule has 6 heteroatoms. The Hall–Kier alpha value is -3.18. The molecule has 3 aromatic rings. The number of hydrogen-bond acceptors (Lipinski definition) is 4. The number of allylic oxidation sites excluding steroid dienone is 1. The molecule has 0 aliphatic heterocycles. The number of esters is 1. The number of ether oxygens (including phenoxy) is 1. The second kappa shape index (κ2) is 10.9. The van der Waals surface area contributed by atoms with E-state index in [1.165, 1.54) is 20.1 Å². The Bertz CT molecular complexity index is 1130. The fraction of sp³-hybridized carbons (Fsp3) is 0.269. The summed E-state index contributed by atoms with van der Waals surface area (Å²) in [5, 5.41) is 0.400. The SMILES string of the molecule is CCCCc1nc(Cl)c(C=CC(C)=O)n1Cc1ccc(-c2ccccc2C(=O)OC)cc1. The molecule has 0 fully saturated rings. The van der Waals surface area contributed by atoms with Crippen molar-refractivity contribution < 1.29 is 14.3 Å². The first-order chi connectivity index (χ1) is 15.4. The summed E-state index contributed by atoms with van der Waals surface area (Å²) in [6, 6.07) is 15.4. The number of aryl methyl sites for hydroxylation is 1. The summed E-state index contributed by atoms with van der Waals surface area (Å²) in [4.78, 5) is 28.1. The van der Waals surface area contributed by atoms with Crippen LogP contribution in [-0.4, -0.2) is 28.4 Å². The molecule has 0 bridgehead atoms. The van der Waals surface area contributed by atoms with Gasteiger partial charge in [-0.2, -0.15) is 0 Å². The highest BCUT2D eigenvalue weighted by Crippen LogP contribution is 2.26. The smallest absolute Gasteiger partial charge is 0.338 e. The predicted octanol–water partition coefficient (Wildman–Crippen LogP) is 5.98. The van der Waals surface area contributed by atoms with Crippen molar-refractivity contribution in [1.29, 1.82) is 0 Å². The number of ketones is 1. The van der Waals surface area contributed by atoms with Gasteiger partial charge in [0.25, 0.3) is 0 Å². The third-order valence-electron chi connectivity index (χ3n) is 5.21. The molecule has 0 aliphatic rings. The zero-order chi connectivity index (χ0) is 23.1. The lowest BCUT2D eigenvalue weighted by atomic mass is 9.98. The lowest BCUT2D eigenvalue weighted by molar-refractivity contribution is -0.112. The van der Waals surface area contributed by atoms with Gasteiger partial charge in [0.05, 0.1) is 18.4 Å². The fourth-order valence-electron chi connectivity index (χ4n) is 3.53. The van der Waals surface area contributed by atoms with E-state index in [0.717, 1.165) is 47.5 Å². The van der Waals surface area contributed by atoms with Gasteiger partial charge in [-0.3, -0.25) is 4.79 Å². The van der Waals surface area contributed by atoms with Crippen LogP contribution in [-0.2, 0) is 22.5 Å². The summed E-state index contributed by atoms with van der Waals surface area (Å²) in [7, 11) is 1.38. The Morgan fingerprint density at radius 3 is 2.50 bits per heavy atom. The van der Waals surface area contributed by atoms with E-state index in [0.29, 0.717) is 17.3 Å². The summed E-state index contributed by atoms with van der Waals surface area (Å²) in [5.74, 6) is 0.498. The van der Waals surface area contributed by atoms with Crippen molar-refractivity contribution in [3.8, 4) is 11.1 Å². The zero-order valence-electron chi connectivity index (χ0n) is 18.6. The van der Waals surface area contributed by atoms with Gasteiger partial charge in [-0.25, -0.2) is 9.78 Å². The second-order valence-electron chi connectivity index (χ2n) is 7.57. The van der Waals surface area contributed by atoms with Crippen LogP contribution in [0.25, 0.3) is 17.2 Å². The van der Waals surface area contributed by atoms with Gasteiger partial charge in [0, 0.05) is 13.0 Å². The number of nitrogens with zero attached hydrogens (tertiary/aromatic N) is 2. The normalized spacial score (nSPS) is 11.1. The van der Waals surface area contributed by atoms with Crippen LogP contribution in [0.1, 0.15) is 54.1 Å². The molecular weight excluding hydrogens is 424 g/mol. The van der Waals surface area contributed by atoms with Gasteiger partial charge in [-0.1, -0.05) is 67.4 Å². The number of aromatic nitrogens is 2. The average molecular weight is 451 g/mol. The molecule has 0 amide bonds. The number of methoxy groups -OCH3 is 1. The maximum absolute atomic E-state index is 12.1. The van der Waals surface area contributed by atoms with Gasteiger partial charge in [0.2, 0.25) is 0 Å². The van der Waals surface area contributed by atoms with Crippen LogP contribution < -0.4 is 0 Å². The van der Waals surface area contributed by atoms with E-state index in [1.807, 2.05) is 42.5 Å². The molecule has 1 aromatic heterocycles. The van der Waals surface area contributed by atoms with Crippen molar-refractivity contribution in [1.82, 2.24) is 9.55 Å². The Morgan fingerprint density at radius 1 is 1.12 bits per heavy atom. The topological polar surface area (TPSA) is 61.2 Å². The maximum atomic E-state index is 12.1. The van der Waals surface area contributed by atoms with Crippen molar-refractivity contribution in [2.75, 3.05) is 7.11 Å². The summed E-state index contributed by atoms with van der Waals surface area (Å²) in [6.07, 6.45) is 6.11. The van der Waals surface area contributed by atoms with E-state index in [-0.39, 0.29) is 11.8 Å². The van der Waals surface area contributed by atoms with Crippen LogP contribution in [0, 0.1) is 0 Å². The number of unbranched alkanes of at least 4 members (excludes halogenated alkanes) is 1. The molecule has 2 aromatic carbocycles. The number of rotatable bonds is 9. The average Bonchev–Trinajstić information content (AvgIpc) is 3.10. The van der Waals surface area contributed by atoms with Crippen molar-refractivity contribution >= 4 is 29.4 Å². The molecular formula is C26H27ClN2O3. The van der Waals surface area contributed by atoms with Gasteiger partial charge < -0.3 is 9.30 Å². The van der Waals surface area contributed by atoms with E-state index < -0.39 is 0 Å². The third-order valence-corrected chi connectivity index (χ3v) is 5.49. The monoisotopic (exact) mass is 450 g/mol. The molecule has 0 spiro atoms. The number of benzene rings is 2. The molecule has 3 rings (SSSR count). The number of hydrogen-bond donors (Lipinski definition) is 0. The Labute approximate surface area is 193 Å². The molecule has 0 saturated carbocycles. The molecule has 0 saturated heterocycles. The fourth-order valence-corrected chi connectivity index (χ4v) is 3.80. The van der Waals surface area contributed by atoms with Gasteiger partial charge in [-0.05, 0) is 48.3 Å². The molecule has 166 valence electrons. The van der Waals surface area contributed by atoms with Crippen molar-refractivity contribution in [3.63, 3.8) is 0 Å². The maximum Gasteiger partial charge on any atom is 0.338 e. The highest BCUT2D eigenvalue weighted by Gasteiger charge is 2.15. The Morgan fingerprint density at radius 2 is 1.84 bits per heavy atom. The zero-order valence-corrected chi connectivity index (χ0v) is 19.4. The summed E-state index contributed by atoms with van der Waals surface area (Å²) >= 11 is 6.41. The lowest BCUT2D eigenvalue weighted by Crippen LogP contribution is -2.07. The standard InChI is InChI=1S/C26H27ClN2O3/c1-4-5-10-24-28-25(27)23(16-11-18(2)30)29(24)17-19-12-14-20(15-13-19)21-8-6-7-9-22(21)26(31)32-3/h6-9,11-16H,4-5,10,17H2,1-3H3. The first-order valence-electron chi connectivity index (χ1n) is 10.6. The van der Waals surface area contributed by atoms with Gasteiger partial charge in [0.15, 0.2) is 10.9 Å².